The van der Waals surface area contributed by atoms with E-state index in [1.807, 2.05) is 0 Å². The van der Waals surface area contributed by atoms with E-state index in [0.29, 0.717) is 15.6 Å². The van der Waals surface area contributed by atoms with Crippen LogP contribution in [0.2, 0.25) is 0 Å². The molecule has 1 radical (unpaired) electrons. The van der Waals surface area contributed by atoms with Gasteiger partial charge in [-0.25, -0.2) is 14.3 Å². The van der Waals surface area contributed by atoms with Crippen molar-refractivity contribution in [3.8, 4) is 0 Å². The normalized spacial score (nSPS) is 23.2. The number of carbonyl (C=O) groups excluding carboxylic acids is 5. The molecule has 1 aromatic rings. The number of ether oxygens (including phenoxy) is 1. The fraction of sp³-hybridized carbons (Fsp3) is 0.591. The van der Waals surface area contributed by atoms with Crippen molar-refractivity contribution in [2.75, 3.05) is 38.2 Å². The van der Waals surface area contributed by atoms with Crippen LogP contribution >= 0.6 is 23.5 Å². The standard InChI is InChI=1S/C22H29N9O9S2.Na/c1-5-29-6-7-30(16(35)15(29)34)20(39)23-12(10(2)32)14(33)24-22(40-4)18(38)31-13(17(36)37)11(8-41-19(22)31)9-42-21-25-26-27-28(21)3;/h10,12,19,32H,5-9H2,1-4H3,(H,23,39)(H,24,33)(H,36,37);/t10-,12+,19+,22-;/m0./s1. The first-order chi connectivity index (χ1) is 19.9. The predicted octanol–water partition coefficient (Wildman–Crippen LogP) is -3.22. The van der Waals surface area contributed by atoms with Crippen LogP contribution in [0.3, 0.4) is 0 Å². The third-order valence-electron chi connectivity index (χ3n) is 6.88. The van der Waals surface area contributed by atoms with E-state index in [0.717, 1.165) is 23.8 Å². The van der Waals surface area contributed by atoms with E-state index in [1.165, 1.54) is 28.3 Å². The Bertz CT molecular complexity index is 1360. The summed E-state index contributed by atoms with van der Waals surface area (Å²) in [7, 11) is 2.78. The molecule has 2 fully saturated rings. The second-order valence-corrected chi connectivity index (χ2v) is 11.4. The number of likely N-dealkylation sites (N-methyl/N-ethyl adjacent to an activating group) is 1. The minimum atomic E-state index is -2.01. The van der Waals surface area contributed by atoms with Crippen LogP contribution in [-0.2, 0) is 35.8 Å². The number of nitrogens with zero attached hydrogens (tertiary/aromatic N) is 7. The Kier molecular flexibility index (Phi) is 11.2. The van der Waals surface area contributed by atoms with Crippen LogP contribution in [-0.4, -0.2) is 172 Å². The van der Waals surface area contributed by atoms with Crippen molar-refractivity contribution in [1.82, 2.24) is 45.5 Å². The number of aryl methyl sites for hydroxylation is 1. The molecule has 0 unspecified atom stereocenters. The maximum atomic E-state index is 13.4. The number of thioether (sulfide) groups is 2. The predicted molar refractivity (Wildman–Crippen MR) is 149 cm³/mol. The van der Waals surface area contributed by atoms with Crippen LogP contribution in [0.1, 0.15) is 13.8 Å². The van der Waals surface area contributed by atoms with Crippen molar-refractivity contribution in [3.05, 3.63) is 11.3 Å². The molecule has 1 aromatic heterocycles. The first kappa shape index (κ1) is 34.7. The topological polar surface area (TPSA) is 229 Å². The van der Waals surface area contributed by atoms with Crippen LogP contribution in [0.15, 0.2) is 16.4 Å². The molecule has 4 atom stereocenters. The number of urea groups is 1. The van der Waals surface area contributed by atoms with Gasteiger partial charge in [0.1, 0.15) is 17.1 Å². The Morgan fingerprint density at radius 2 is 1.93 bits per heavy atom. The molecule has 0 bridgehead atoms. The smallest absolute Gasteiger partial charge is 0.352 e. The molecular formula is C22H29N9NaO9S2. The van der Waals surface area contributed by atoms with Crippen LogP contribution in [0, 0.1) is 0 Å². The summed E-state index contributed by atoms with van der Waals surface area (Å²) >= 11 is 2.33. The molecule has 229 valence electrons. The van der Waals surface area contributed by atoms with E-state index in [1.54, 1.807) is 14.0 Å². The number of methoxy groups -OCH3 is 1. The minimum absolute atomic E-state index is 0. The number of aliphatic hydroxyl groups is 1. The second kappa shape index (κ2) is 13.9. The quantitative estimate of drug-likeness (QED) is 0.0642. The van der Waals surface area contributed by atoms with Gasteiger partial charge in [0.05, 0.1) is 6.10 Å². The number of fused-ring (bicyclic) bond motifs is 1. The fourth-order valence-corrected chi connectivity index (χ4v) is 7.02. The largest absolute Gasteiger partial charge is 0.477 e. The van der Waals surface area contributed by atoms with Crippen LogP contribution in [0.25, 0.3) is 0 Å². The summed E-state index contributed by atoms with van der Waals surface area (Å²) in [5, 5.41) is 35.5. The van der Waals surface area contributed by atoms with E-state index in [2.05, 4.69) is 26.2 Å². The monoisotopic (exact) mass is 650 g/mol. The number of carbonyl (C=O) groups is 6. The van der Waals surface area contributed by atoms with E-state index >= 15 is 0 Å². The molecule has 3 aliphatic heterocycles. The van der Waals surface area contributed by atoms with Crippen LogP contribution in [0.4, 0.5) is 4.79 Å². The molecule has 0 aromatic carbocycles. The zero-order chi connectivity index (χ0) is 30.9. The molecule has 4 rings (SSSR count). The average molecular weight is 651 g/mol. The molecular weight excluding hydrogens is 621 g/mol. The van der Waals surface area contributed by atoms with E-state index < -0.39 is 58.9 Å². The maximum absolute atomic E-state index is 13.4. The molecule has 3 aliphatic rings. The number of piperazine rings is 1. The van der Waals surface area contributed by atoms with Gasteiger partial charge in [-0.1, -0.05) is 11.8 Å². The number of nitrogens with one attached hydrogen (secondary N) is 2. The Balaban J connectivity index is 0.00000506. The number of amides is 6. The summed E-state index contributed by atoms with van der Waals surface area (Å²) in [5.74, 6) is -4.87. The number of β-lactam (4-membered cyclic amide) rings is 1. The van der Waals surface area contributed by atoms with Gasteiger partial charge in [0, 0.05) is 74.9 Å². The number of aliphatic carboxylic acids is 1. The molecule has 21 heteroatoms. The summed E-state index contributed by atoms with van der Waals surface area (Å²) in [5.41, 5.74) is -1.84. The third-order valence-corrected chi connectivity index (χ3v) is 9.35. The number of aromatic nitrogens is 4. The maximum Gasteiger partial charge on any atom is 0.352 e. The van der Waals surface area contributed by atoms with Gasteiger partial charge in [0.25, 0.3) is 11.6 Å². The molecule has 4 heterocycles. The van der Waals surface area contributed by atoms with E-state index in [-0.39, 0.29) is 66.4 Å². The SMILES string of the molecule is CCN1CCN(C(=O)N[C@@H](C(=O)N[C@]2(OC)C(=O)N3C(C(=O)O)=C(CSc4nnnn4C)CS[C@@H]32)[C@H](C)O)C(=O)C1=O.[Na]. The van der Waals surface area contributed by atoms with Gasteiger partial charge in [-0.3, -0.25) is 29.0 Å². The molecule has 0 saturated carbocycles. The van der Waals surface area contributed by atoms with Crippen LogP contribution in [0.5, 0.6) is 0 Å². The first-order valence-corrected chi connectivity index (χ1v) is 14.6. The first-order valence-electron chi connectivity index (χ1n) is 12.6. The molecule has 6 amide bonds. The number of aliphatic hydroxyl groups excluding tert-OH is 1. The van der Waals surface area contributed by atoms with Crippen molar-refractivity contribution in [2.45, 2.75) is 42.2 Å². The van der Waals surface area contributed by atoms with Crippen molar-refractivity contribution < 1.29 is 43.7 Å². The Morgan fingerprint density at radius 1 is 1.23 bits per heavy atom. The summed E-state index contributed by atoms with van der Waals surface area (Å²) in [6.07, 6.45) is -1.50. The van der Waals surface area contributed by atoms with Gasteiger partial charge in [0.15, 0.2) is 0 Å². The van der Waals surface area contributed by atoms with Gasteiger partial charge in [0.2, 0.25) is 11.1 Å². The molecule has 43 heavy (non-hydrogen) atoms. The molecule has 18 nitrogen and oxygen atoms in total. The second-order valence-electron chi connectivity index (χ2n) is 9.41. The Morgan fingerprint density at radius 3 is 2.49 bits per heavy atom. The number of tetrazole rings is 1. The summed E-state index contributed by atoms with van der Waals surface area (Å²) in [6.45, 7) is 3.15. The van der Waals surface area contributed by atoms with Crippen LogP contribution < -0.4 is 10.6 Å². The Labute approximate surface area is 275 Å². The van der Waals surface area contributed by atoms with Gasteiger partial charge in [-0.15, -0.1) is 16.9 Å². The zero-order valence-electron chi connectivity index (χ0n) is 24.0. The van der Waals surface area contributed by atoms with E-state index in [9.17, 15) is 39.0 Å². The van der Waals surface area contributed by atoms with Gasteiger partial charge >= 0.3 is 23.8 Å². The van der Waals surface area contributed by atoms with Gasteiger partial charge in [-0.2, -0.15) is 0 Å². The Hall–Kier alpha value is -2.75. The number of carboxylic acid groups (broad SMARTS) is 1. The molecule has 4 N–H and O–H groups in total. The molecule has 2 saturated heterocycles. The van der Waals surface area contributed by atoms with Gasteiger partial charge in [-0.05, 0) is 29.8 Å². The molecule has 0 spiro atoms. The minimum Gasteiger partial charge on any atom is -0.477 e. The zero-order valence-corrected chi connectivity index (χ0v) is 27.6. The number of hydrogen-bond donors (Lipinski definition) is 4. The van der Waals surface area contributed by atoms with Crippen molar-refractivity contribution in [2.24, 2.45) is 7.05 Å². The third kappa shape index (κ3) is 6.40. The number of rotatable bonds is 10. The van der Waals surface area contributed by atoms with Gasteiger partial charge < -0.3 is 30.5 Å². The van der Waals surface area contributed by atoms with Crippen molar-refractivity contribution in [1.29, 1.82) is 0 Å². The fourth-order valence-electron chi connectivity index (χ4n) is 4.60. The average Bonchev–Trinajstić information content (AvgIpc) is 3.37. The molecule has 0 aliphatic carbocycles. The van der Waals surface area contributed by atoms with Crippen molar-refractivity contribution >= 4 is 88.7 Å². The summed E-state index contributed by atoms with van der Waals surface area (Å²) < 4.78 is 6.84. The van der Waals surface area contributed by atoms with E-state index in [4.69, 9.17) is 4.74 Å². The number of imide groups is 1. The van der Waals surface area contributed by atoms with Crippen molar-refractivity contribution in [3.63, 3.8) is 0 Å². The number of carboxylic acids is 1. The number of hydrogen-bond acceptors (Lipinski definition) is 13. The summed E-state index contributed by atoms with van der Waals surface area (Å²) in [4.78, 5) is 79.3. The summed E-state index contributed by atoms with van der Waals surface area (Å²) in [6, 6.07) is -2.74.